The van der Waals surface area contributed by atoms with Crippen LogP contribution in [-0.4, -0.2) is 105 Å². The maximum atomic E-state index is 11.8. The highest BCUT2D eigenvalue weighted by Gasteiger charge is 2.29. The summed E-state index contributed by atoms with van der Waals surface area (Å²) in [5.74, 6) is 3.69. The number of rotatable bonds is 10. The van der Waals surface area contributed by atoms with E-state index < -0.39 is 19.2 Å². The van der Waals surface area contributed by atoms with Gasteiger partial charge in [-0.25, -0.2) is 29.6 Å². The molecule has 0 aromatic heterocycles. The van der Waals surface area contributed by atoms with Gasteiger partial charge in [0.2, 0.25) is 0 Å². The molecule has 16 rings (SSSR count). The molecule has 0 atom stereocenters. The molecule has 0 aliphatic carbocycles. The Labute approximate surface area is 534 Å². The van der Waals surface area contributed by atoms with Crippen LogP contribution >= 0.6 is 15.9 Å². The molecule has 12 aromatic rings. The van der Waals surface area contributed by atoms with Crippen LogP contribution in [0.2, 0.25) is 0 Å². The Morgan fingerprint density at radius 2 is 0.707 bits per heavy atom. The van der Waals surface area contributed by atoms with E-state index in [2.05, 4.69) is 189 Å². The lowest BCUT2D eigenvalue weighted by atomic mass is 9.72. The van der Waals surface area contributed by atoms with Crippen molar-refractivity contribution in [2.24, 2.45) is 39.9 Å². The molecule has 4 heterocycles. The molecule has 0 saturated heterocycles. The van der Waals surface area contributed by atoms with E-state index in [1.54, 1.807) is 40.6 Å². The first-order valence-electron chi connectivity index (χ1n) is 29.1. The van der Waals surface area contributed by atoms with Gasteiger partial charge in [0.25, 0.3) is 0 Å². The first-order valence-corrected chi connectivity index (χ1v) is 29.9. The van der Waals surface area contributed by atoms with Gasteiger partial charge in [0.05, 0.1) is 56.5 Å². The molecule has 0 unspecified atom stereocenters. The van der Waals surface area contributed by atoms with E-state index in [9.17, 15) is 19.6 Å². The number of carbonyl (C=O) groups is 2. The molecular weight excluding hydrogens is 1220 g/mol. The van der Waals surface area contributed by atoms with Crippen LogP contribution in [-0.2, 0) is 0 Å². The number of carbonyl (C=O) groups excluding carboxylic acids is 2. The molecular formula is C74H50BBrN8O8. The van der Waals surface area contributed by atoms with Crippen LogP contribution < -0.4 is 24.4 Å². The zero-order chi connectivity index (χ0) is 63.1. The van der Waals surface area contributed by atoms with Crippen LogP contribution in [0.4, 0.5) is 9.59 Å². The third-order valence-corrected chi connectivity index (χ3v) is 16.9. The van der Waals surface area contributed by atoms with Crippen molar-refractivity contribution in [3.63, 3.8) is 0 Å². The van der Waals surface area contributed by atoms with Crippen LogP contribution in [0.15, 0.2) is 251 Å². The average molecular weight is 1270 g/mol. The number of hydrogen-bond donors (Lipinski definition) is 2. The maximum absolute atomic E-state index is 11.8. The second-order valence-electron chi connectivity index (χ2n) is 21.5. The fourth-order valence-corrected chi connectivity index (χ4v) is 12.7. The van der Waals surface area contributed by atoms with E-state index >= 15 is 0 Å². The van der Waals surface area contributed by atoms with E-state index in [-0.39, 0.29) is 11.7 Å². The van der Waals surface area contributed by atoms with Crippen LogP contribution in [0.5, 0.6) is 23.0 Å². The lowest BCUT2D eigenvalue weighted by molar-refractivity contribution is 0.256. The number of urea groups is 2. The van der Waals surface area contributed by atoms with Crippen LogP contribution in [0.1, 0.15) is 11.1 Å². The monoisotopic (exact) mass is 1270 g/mol. The highest BCUT2D eigenvalue weighted by atomic mass is 79.9. The normalized spacial score (nSPS) is 13.7. The predicted molar refractivity (Wildman–Crippen MR) is 375 cm³/mol. The third kappa shape index (κ3) is 10.7. The molecule has 18 heteroatoms. The highest BCUT2D eigenvalue weighted by molar-refractivity contribution is 9.10. The van der Waals surface area contributed by atoms with Gasteiger partial charge < -0.3 is 29.0 Å². The SMILES string of the molecule is COc1cc(OC)c(-c2c3ccccc3c(-c3ccc4ccccc4c3)c3ccccc23)cc1C1=NC2=NC(=O)N=CC2=N1.COc1cc(OC)c(C2=NC3=NC(=O)N=CC3=N2)cc1Br.OB(O)c1c2ccccc2c(-c2ccc3ccccc3c2)c2ccccc12. The summed E-state index contributed by atoms with van der Waals surface area (Å²) >= 11 is 3.41. The summed E-state index contributed by atoms with van der Waals surface area (Å²) in [5, 5.41) is 33.2. The Hall–Kier alpha value is -11.4. The Bertz CT molecular complexity index is 5290. The first-order chi connectivity index (χ1) is 45.0. The van der Waals surface area contributed by atoms with E-state index in [0.717, 1.165) is 75.4 Å². The van der Waals surface area contributed by atoms with Crippen molar-refractivity contribution in [2.75, 3.05) is 28.4 Å². The number of fused-ring (bicyclic) bond motifs is 8. The highest BCUT2D eigenvalue weighted by Crippen LogP contribution is 2.48. The van der Waals surface area contributed by atoms with Crippen molar-refractivity contribution in [2.45, 2.75) is 0 Å². The van der Waals surface area contributed by atoms with Crippen LogP contribution in [0, 0.1) is 0 Å². The number of benzene rings is 12. The summed E-state index contributed by atoms with van der Waals surface area (Å²) < 4.78 is 23.1. The van der Waals surface area contributed by atoms with Crippen molar-refractivity contribution in [1.82, 2.24) is 0 Å². The smallest absolute Gasteiger partial charge is 0.489 e. The number of ether oxygens (including phenoxy) is 4. The summed E-state index contributed by atoms with van der Waals surface area (Å²) in [6.45, 7) is 0. The lowest BCUT2D eigenvalue weighted by Crippen LogP contribution is -2.31. The average Bonchev–Trinajstić information content (AvgIpc) is 0.905. The molecule has 0 radical (unpaired) electrons. The van der Waals surface area contributed by atoms with Crippen molar-refractivity contribution in [3.05, 3.63) is 222 Å². The molecule has 0 spiro atoms. The number of methoxy groups -OCH3 is 4. The van der Waals surface area contributed by atoms with Gasteiger partial charge >= 0.3 is 19.2 Å². The number of hydrogen-bond acceptors (Lipinski definition) is 12. The second-order valence-corrected chi connectivity index (χ2v) is 22.3. The Morgan fingerprint density at radius 1 is 0.348 bits per heavy atom. The second kappa shape index (κ2) is 24.5. The quantitative estimate of drug-likeness (QED) is 0.0991. The van der Waals surface area contributed by atoms with E-state index in [4.69, 9.17) is 18.9 Å². The number of halogens is 1. The number of amides is 4. The summed E-state index contributed by atoms with van der Waals surface area (Å²) in [4.78, 5) is 55.6. The number of nitrogens with zero attached hydrogens (tertiary/aromatic N) is 8. The van der Waals surface area contributed by atoms with Crippen LogP contribution in [0.3, 0.4) is 0 Å². The predicted octanol–water partition coefficient (Wildman–Crippen LogP) is 15.1. The van der Waals surface area contributed by atoms with Crippen molar-refractivity contribution < 1.29 is 38.6 Å². The van der Waals surface area contributed by atoms with Gasteiger partial charge in [-0.05, 0) is 133 Å². The Balaban J connectivity index is 0.000000130. The largest absolute Gasteiger partial charge is 0.496 e. The topological polar surface area (TPSA) is 210 Å². The molecule has 4 amide bonds. The molecule has 0 saturated carbocycles. The molecule has 16 nitrogen and oxygen atoms in total. The van der Waals surface area contributed by atoms with Crippen molar-refractivity contribution in [3.8, 4) is 56.4 Å². The van der Waals surface area contributed by atoms with E-state index in [1.165, 1.54) is 39.5 Å². The lowest BCUT2D eigenvalue weighted by Gasteiger charge is -2.20. The third-order valence-electron chi connectivity index (χ3n) is 16.3. The van der Waals surface area contributed by atoms with Gasteiger partial charge in [-0.2, -0.15) is 20.0 Å². The van der Waals surface area contributed by atoms with Gasteiger partial charge in [-0.3, -0.25) is 0 Å². The maximum Gasteiger partial charge on any atom is 0.489 e. The molecule has 0 fully saturated rings. The zero-order valence-electron chi connectivity index (χ0n) is 49.7. The fraction of sp³-hybridized carbons (Fsp3) is 0.0541. The number of aliphatic imine (C=N–C) groups is 8. The molecule has 2 N–H and O–H groups in total. The minimum Gasteiger partial charge on any atom is -0.496 e. The summed E-state index contributed by atoms with van der Waals surface area (Å²) in [6, 6.07) is 68.9. The van der Waals surface area contributed by atoms with Gasteiger partial charge in [-0.15, -0.1) is 0 Å². The van der Waals surface area contributed by atoms with Gasteiger partial charge in [0, 0.05) is 23.3 Å². The van der Waals surface area contributed by atoms with Crippen molar-refractivity contribution in [1.29, 1.82) is 0 Å². The first kappa shape index (κ1) is 58.3. The molecule has 4 aliphatic rings. The molecule has 444 valence electrons. The fourth-order valence-electron chi connectivity index (χ4n) is 12.2. The van der Waals surface area contributed by atoms with Gasteiger partial charge in [-0.1, -0.05) is 170 Å². The van der Waals surface area contributed by atoms with Crippen LogP contribution in [0.25, 0.3) is 98.0 Å². The van der Waals surface area contributed by atoms with E-state index in [0.29, 0.717) is 62.7 Å². The van der Waals surface area contributed by atoms with Crippen molar-refractivity contribution >= 4 is 152 Å². The van der Waals surface area contributed by atoms with E-state index in [1.807, 2.05) is 60.7 Å². The standard InChI is InChI=1S/C37H24N4O3.C24H17BO2.C13H9BrN4O3/c1-43-31-19-32(44-2)29(35-39-30-20-38-37(42)41-36(30)40-35)18-28(31)34-26-13-7-5-11-24(26)33(25-12-6-8-14-27(25)34)23-16-15-21-9-3-4-10-22(21)17-23;26-25(27)24-21-11-5-3-9-19(21)23(20-10-4-6-12-22(20)24)18-14-13-16-7-1-2-8-17(16)15-18;1-20-9-4-10(21-2)7(14)3-6(9)11-16-8-5-15-13(19)18-12(8)17-11/h3-20H,1-2H3;1-15,26-27H;3-5H,1-2H3. The summed E-state index contributed by atoms with van der Waals surface area (Å²) in [7, 11) is 4.84. The van der Waals surface area contributed by atoms with Gasteiger partial charge in [0.15, 0.2) is 23.3 Å². The molecule has 0 bridgehead atoms. The zero-order valence-corrected chi connectivity index (χ0v) is 51.2. The Kier molecular flexibility index (Phi) is 15.5. The number of amidine groups is 4. The van der Waals surface area contributed by atoms with Gasteiger partial charge in [0.1, 0.15) is 34.4 Å². The minimum absolute atomic E-state index is 0.245. The summed E-state index contributed by atoms with van der Waals surface area (Å²) in [6.07, 6.45) is 2.75. The minimum atomic E-state index is -1.52. The molecule has 12 aromatic carbocycles. The molecule has 4 aliphatic heterocycles. The molecule has 92 heavy (non-hydrogen) atoms. The summed E-state index contributed by atoms with van der Waals surface area (Å²) in [5.41, 5.74) is 9.24. The Morgan fingerprint density at radius 3 is 1.13 bits per heavy atom.